The van der Waals surface area contributed by atoms with Crippen molar-refractivity contribution in [3.05, 3.63) is 59.2 Å². The van der Waals surface area contributed by atoms with Crippen LogP contribution in [0.3, 0.4) is 0 Å². The van der Waals surface area contributed by atoms with Crippen molar-refractivity contribution in [3.8, 4) is 11.1 Å². The second-order valence-corrected chi connectivity index (χ2v) is 6.46. The third-order valence-electron chi connectivity index (χ3n) is 5.20. The molecule has 21 heavy (non-hydrogen) atoms. The number of fused-ring (bicyclic) bond motifs is 3. The summed E-state index contributed by atoms with van der Waals surface area (Å²) in [5.41, 5.74) is 12.8. The van der Waals surface area contributed by atoms with Crippen LogP contribution in [0.5, 0.6) is 0 Å². The molecule has 108 valence electrons. The smallest absolute Gasteiger partial charge is 0.0760 e. The van der Waals surface area contributed by atoms with Crippen LogP contribution in [0, 0.1) is 5.92 Å². The number of benzene rings is 2. The Hall–Kier alpha value is -1.64. The SMILES string of the molecule is N[C@@H](c1ccc2c(c1)Cc1ccccc1-2)[C@H](O)C1CCC1. The Labute approximate surface area is 125 Å². The van der Waals surface area contributed by atoms with Gasteiger partial charge in [0.15, 0.2) is 0 Å². The molecule has 2 nitrogen and oxygen atoms in total. The van der Waals surface area contributed by atoms with Gasteiger partial charge in [-0.05, 0) is 53.0 Å². The Morgan fingerprint density at radius 3 is 2.52 bits per heavy atom. The minimum atomic E-state index is -0.402. The summed E-state index contributed by atoms with van der Waals surface area (Å²) < 4.78 is 0. The van der Waals surface area contributed by atoms with Crippen LogP contribution in [0.15, 0.2) is 42.5 Å². The molecule has 2 aliphatic carbocycles. The molecule has 0 aliphatic heterocycles. The molecule has 2 atom stereocenters. The largest absolute Gasteiger partial charge is 0.391 e. The molecule has 2 heteroatoms. The maximum Gasteiger partial charge on any atom is 0.0760 e. The number of hydrogen-bond acceptors (Lipinski definition) is 2. The third kappa shape index (κ3) is 2.10. The van der Waals surface area contributed by atoms with E-state index in [0.717, 1.165) is 24.8 Å². The van der Waals surface area contributed by atoms with Crippen molar-refractivity contribution >= 4 is 0 Å². The van der Waals surface area contributed by atoms with Crippen molar-refractivity contribution in [2.24, 2.45) is 11.7 Å². The third-order valence-corrected chi connectivity index (χ3v) is 5.20. The quantitative estimate of drug-likeness (QED) is 0.771. The van der Waals surface area contributed by atoms with E-state index in [2.05, 4.69) is 42.5 Å². The van der Waals surface area contributed by atoms with Gasteiger partial charge in [-0.25, -0.2) is 0 Å². The van der Waals surface area contributed by atoms with E-state index in [1.807, 2.05) is 0 Å². The standard InChI is InChI=1S/C19H21NO/c20-18(19(21)12-5-3-6-12)14-8-9-17-15(11-14)10-13-4-1-2-7-16(13)17/h1-2,4,7-9,11-12,18-19,21H,3,5-6,10,20H2/t18-,19+/m0/s1. The Kier molecular flexibility index (Phi) is 3.09. The van der Waals surface area contributed by atoms with Gasteiger partial charge in [0.2, 0.25) is 0 Å². The van der Waals surface area contributed by atoms with Crippen molar-refractivity contribution in [3.63, 3.8) is 0 Å². The molecule has 1 fully saturated rings. The normalized spacial score (nSPS) is 19.5. The zero-order chi connectivity index (χ0) is 14.4. The fourth-order valence-electron chi connectivity index (χ4n) is 3.64. The van der Waals surface area contributed by atoms with Gasteiger partial charge in [-0.3, -0.25) is 0 Å². The molecule has 0 radical (unpaired) electrons. The first-order valence-corrected chi connectivity index (χ1v) is 7.89. The van der Waals surface area contributed by atoms with Crippen LogP contribution in [0.1, 0.15) is 42.0 Å². The summed E-state index contributed by atoms with van der Waals surface area (Å²) in [5, 5.41) is 10.4. The van der Waals surface area contributed by atoms with Crippen molar-refractivity contribution < 1.29 is 5.11 Å². The summed E-state index contributed by atoms with van der Waals surface area (Å²) in [4.78, 5) is 0. The minimum absolute atomic E-state index is 0.260. The molecule has 0 saturated heterocycles. The maximum absolute atomic E-state index is 10.4. The van der Waals surface area contributed by atoms with E-state index in [1.165, 1.54) is 28.7 Å². The molecule has 1 saturated carbocycles. The van der Waals surface area contributed by atoms with Crippen molar-refractivity contribution in [1.29, 1.82) is 0 Å². The van der Waals surface area contributed by atoms with Gasteiger partial charge in [0, 0.05) is 0 Å². The first-order valence-electron chi connectivity index (χ1n) is 7.89. The van der Waals surface area contributed by atoms with Crippen LogP contribution >= 0.6 is 0 Å². The monoisotopic (exact) mass is 279 g/mol. The Morgan fingerprint density at radius 2 is 1.76 bits per heavy atom. The first kappa shape index (κ1) is 13.1. The predicted molar refractivity (Wildman–Crippen MR) is 85.0 cm³/mol. The molecule has 0 bridgehead atoms. The number of nitrogens with two attached hydrogens (primary N) is 1. The zero-order valence-corrected chi connectivity index (χ0v) is 12.1. The summed E-state index contributed by atoms with van der Waals surface area (Å²) in [6, 6.07) is 14.8. The molecule has 2 aromatic carbocycles. The van der Waals surface area contributed by atoms with E-state index in [4.69, 9.17) is 5.73 Å². The average Bonchev–Trinajstić information content (AvgIpc) is 2.82. The summed E-state index contributed by atoms with van der Waals surface area (Å²) in [6.07, 6.45) is 4.04. The van der Waals surface area contributed by atoms with Crippen LogP contribution in [-0.2, 0) is 6.42 Å². The van der Waals surface area contributed by atoms with E-state index in [1.54, 1.807) is 0 Å². The summed E-state index contributed by atoms with van der Waals surface area (Å²) in [6.45, 7) is 0. The number of rotatable bonds is 3. The topological polar surface area (TPSA) is 46.2 Å². The molecule has 0 aromatic heterocycles. The van der Waals surface area contributed by atoms with Gasteiger partial charge in [0.05, 0.1) is 12.1 Å². The summed E-state index contributed by atoms with van der Waals surface area (Å²) >= 11 is 0. The Balaban J connectivity index is 1.63. The molecule has 3 N–H and O–H groups in total. The number of hydrogen-bond donors (Lipinski definition) is 2. The highest BCUT2D eigenvalue weighted by Crippen LogP contribution is 2.39. The van der Waals surface area contributed by atoms with E-state index in [-0.39, 0.29) is 6.04 Å². The van der Waals surface area contributed by atoms with Gasteiger partial charge in [0.25, 0.3) is 0 Å². The lowest BCUT2D eigenvalue weighted by molar-refractivity contribution is 0.0413. The molecular weight excluding hydrogens is 258 g/mol. The highest BCUT2D eigenvalue weighted by atomic mass is 16.3. The molecule has 0 amide bonds. The van der Waals surface area contributed by atoms with E-state index >= 15 is 0 Å². The second kappa shape index (κ2) is 4.97. The number of aliphatic hydroxyl groups excluding tert-OH is 1. The molecule has 2 aromatic rings. The lowest BCUT2D eigenvalue weighted by Crippen LogP contribution is -2.36. The van der Waals surface area contributed by atoms with Crippen LogP contribution in [0.2, 0.25) is 0 Å². The first-order chi connectivity index (χ1) is 10.2. The molecule has 4 rings (SSSR count). The fraction of sp³-hybridized carbons (Fsp3) is 0.368. The Morgan fingerprint density at radius 1 is 1.00 bits per heavy atom. The van der Waals surface area contributed by atoms with Crippen molar-refractivity contribution in [2.45, 2.75) is 37.8 Å². The van der Waals surface area contributed by atoms with Crippen LogP contribution in [0.4, 0.5) is 0 Å². The molecule has 0 spiro atoms. The molecule has 2 aliphatic rings. The maximum atomic E-state index is 10.4. The average molecular weight is 279 g/mol. The van der Waals surface area contributed by atoms with Crippen LogP contribution < -0.4 is 5.73 Å². The van der Waals surface area contributed by atoms with Crippen molar-refractivity contribution in [2.75, 3.05) is 0 Å². The van der Waals surface area contributed by atoms with Crippen LogP contribution in [0.25, 0.3) is 11.1 Å². The molecular formula is C19H21NO. The van der Waals surface area contributed by atoms with Crippen molar-refractivity contribution in [1.82, 2.24) is 0 Å². The van der Waals surface area contributed by atoms with Gasteiger partial charge in [-0.2, -0.15) is 0 Å². The van der Waals surface area contributed by atoms with Gasteiger partial charge in [0.1, 0.15) is 0 Å². The summed E-state index contributed by atoms with van der Waals surface area (Å²) in [7, 11) is 0. The lowest BCUT2D eigenvalue weighted by atomic mass is 9.77. The number of aliphatic hydroxyl groups is 1. The van der Waals surface area contributed by atoms with E-state index in [9.17, 15) is 5.11 Å². The minimum Gasteiger partial charge on any atom is -0.391 e. The Bertz CT molecular complexity index is 675. The predicted octanol–water partition coefficient (Wildman–Crippen LogP) is 3.42. The lowest BCUT2D eigenvalue weighted by Gasteiger charge is -2.34. The molecule has 0 unspecified atom stereocenters. The van der Waals surface area contributed by atoms with E-state index in [0.29, 0.717) is 5.92 Å². The van der Waals surface area contributed by atoms with Gasteiger partial charge in [-0.15, -0.1) is 0 Å². The van der Waals surface area contributed by atoms with Gasteiger partial charge >= 0.3 is 0 Å². The fourth-order valence-corrected chi connectivity index (χ4v) is 3.64. The highest BCUT2D eigenvalue weighted by Gasteiger charge is 2.31. The molecule has 0 heterocycles. The highest BCUT2D eigenvalue weighted by molar-refractivity contribution is 5.77. The van der Waals surface area contributed by atoms with Gasteiger partial charge < -0.3 is 10.8 Å². The van der Waals surface area contributed by atoms with E-state index < -0.39 is 6.10 Å². The van der Waals surface area contributed by atoms with Crippen LogP contribution in [-0.4, -0.2) is 11.2 Å². The van der Waals surface area contributed by atoms with Gasteiger partial charge in [-0.1, -0.05) is 48.9 Å². The second-order valence-electron chi connectivity index (χ2n) is 6.46. The zero-order valence-electron chi connectivity index (χ0n) is 12.1. The summed E-state index contributed by atoms with van der Waals surface area (Å²) in [5.74, 6) is 0.394.